The standard InChI is InChI=1S/C19H26ClN3O2/c20-16-8-6-15(7-9-16)19(25)21-10-1-5-18(24)23-13-3-12-22-11-2-4-17(22)14-23/h6-9,17H,1-5,10-14H2,(H,21,25)/t17-/m1/s1. The summed E-state index contributed by atoms with van der Waals surface area (Å²) in [4.78, 5) is 29.0. The van der Waals surface area contributed by atoms with E-state index in [0.717, 1.165) is 26.1 Å². The van der Waals surface area contributed by atoms with E-state index < -0.39 is 0 Å². The van der Waals surface area contributed by atoms with Crippen molar-refractivity contribution in [2.75, 3.05) is 32.7 Å². The second kappa shape index (κ2) is 8.68. The van der Waals surface area contributed by atoms with Gasteiger partial charge in [0.2, 0.25) is 5.91 Å². The molecular weight excluding hydrogens is 338 g/mol. The quantitative estimate of drug-likeness (QED) is 0.818. The Morgan fingerprint density at radius 2 is 1.88 bits per heavy atom. The van der Waals surface area contributed by atoms with Crippen molar-refractivity contribution in [2.24, 2.45) is 0 Å². The van der Waals surface area contributed by atoms with Crippen molar-refractivity contribution in [1.29, 1.82) is 0 Å². The molecular formula is C19H26ClN3O2. The summed E-state index contributed by atoms with van der Waals surface area (Å²) in [6.07, 6.45) is 4.69. The van der Waals surface area contributed by atoms with Gasteiger partial charge in [-0.15, -0.1) is 0 Å². The average Bonchev–Trinajstić information content (AvgIpc) is 2.95. The lowest BCUT2D eigenvalue weighted by molar-refractivity contribution is -0.131. The topological polar surface area (TPSA) is 52.7 Å². The Bertz CT molecular complexity index is 605. The molecule has 2 saturated heterocycles. The van der Waals surface area contributed by atoms with Crippen LogP contribution < -0.4 is 5.32 Å². The first-order chi connectivity index (χ1) is 12.1. The first-order valence-corrected chi connectivity index (χ1v) is 9.57. The maximum absolute atomic E-state index is 12.5. The zero-order valence-electron chi connectivity index (χ0n) is 14.5. The van der Waals surface area contributed by atoms with E-state index in [1.54, 1.807) is 24.3 Å². The van der Waals surface area contributed by atoms with E-state index in [1.807, 2.05) is 4.90 Å². The molecule has 2 aliphatic heterocycles. The minimum absolute atomic E-state index is 0.125. The van der Waals surface area contributed by atoms with Gasteiger partial charge < -0.3 is 10.2 Å². The molecule has 2 amide bonds. The van der Waals surface area contributed by atoms with E-state index in [2.05, 4.69) is 10.2 Å². The van der Waals surface area contributed by atoms with Crippen LogP contribution in [0.2, 0.25) is 5.02 Å². The van der Waals surface area contributed by atoms with Gasteiger partial charge in [-0.3, -0.25) is 14.5 Å². The highest BCUT2D eigenvalue weighted by Crippen LogP contribution is 2.21. The first-order valence-electron chi connectivity index (χ1n) is 9.19. The van der Waals surface area contributed by atoms with Crippen molar-refractivity contribution in [2.45, 2.75) is 38.1 Å². The van der Waals surface area contributed by atoms with Crippen molar-refractivity contribution in [1.82, 2.24) is 15.1 Å². The van der Waals surface area contributed by atoms with Crippen LogP contribution >= 0.6 is 11.6 Å². The third-order valence-electron chi connectivity index (χ3n) is 5.12. The second-order valence-electron chi connectivity index (χ2n) is 6.89. The van der Waals surface area contributed by atoms with E-state index in [4.69, 9.17) is 11.6 Å². The van der Waals surface area contributed by atoms with Gasteiger partial charge in [0, 0.05) is 49.2 Å². The molecule has 1 aromatic rings. The summed E-state index contributed by atoms with van der Waals surface area (Å²) in [6.45, 7) is 4.55. The molecule has 1 aromatic carbocycles. The highest BCUT2D eigenvalue weighted by molar-refractivity contribution is 6.30. The third kappa shape index (κ3) is 4.95. The van der Waals surface area contributed by atoms with E-state index in [0.29, 0.717) is 36.0 Å². The van der Waals surface area contributed by atoms with Crippen LogP contribution in [0.3, 0.4) is 0 Å². The molecule has 2 aliphatic rings. The minimum Gasteiger partial charge on any atom is -0.352 e. The summed E-state index contributed by atoms with van der Waals surface area (Å²) in [5.74, 6) is 0.0926. The lowest BCUT2D eigenvalue weighted by Crippen LogP contribution is -2.39. The molecule has 0 spiro atoms. The summed E-state index contributed by atoms with van der Waals surface area (Å²) in [5, 5.41) is 3.48. The number of nitrogens with zero attached hydrogens (tertiary/aromatic N) is 2. The van der Waals surface area contributed by atoms with Crippen LogP contribution in [-0.4, -0.2) is 60.4 Å². The molecule has 25 heavy (non-hydrogen) atoms. The van der Waals surface area contributed by atoms with E-state index in [1.165, 1.54) is 19.4 Å². The number of carbonyl (C=O) groups is 2. The van der Waals surface area contributed by atoms with Crippen LogP contribution in [0.1, 0.15) is 42.5 Å². The summed E-state index contributed by atoms with van der Waals surface area (Å²) < 4.78 is 0. The average molecular weight is 364 g/mol. The zero-order valence-corrected chi connectivity index (χ0v) is 15.3. The normalized spacial score (nSPS) is 20.8. The summed E-state index contributed by atoms with van der Waals surface area (Å²) >= 11 is 5.82. The monoisotopic (exact) mass is 363 g/mol. The molecule has 2 fully saturated rings. The number of hydrogen-bond acceptors (Lipinski definition) is 3. The molecule has 0 aliphatic carbocycles. The van der Waals surface area contributed by atoms with Crippen LogP contribution in [0.4, 0.5) is 0 Å². The molecule has 0 aromatic heterocycles. The fraction of sp³-hybridized carbons (Fsp3) is 0.579. The molecule has 0 radical (unpaired) electrons. The molecule has 5 nitrogen and oxygen atoms in total. The van der Waals surface area contributed by atoms with Crippen LogP contribution in [0.5, 0.6) is 0 Å². The highest BCUT2D eigenvalue weighted by atomic mass is 35.5. The van der Waals surface area contributed by atoms with Gasteiger partial charge in [0.05, 0.1) is 0 Å². The van der Waals surface area contributed by atoms with Gasteiger partial charge in [-0.1, -0.05) is 11.6 Å². The number of rotatable bonds is 5. The summed E-state index contributed by atoms with van der Waals surface area (Å²) in [7, 11) is 0. The molecule has 0 bridgehead atoms. The Kier molecular flexibility index (Phi) is 6.32. The fourth-order valence-electron chi connectivity index (χ4n) is 3.74. The van der Waals surface area contributed by atoms with Crippen molar-refractivity contribution >= 4 is 23.4 Å². The largest absolute Gasteiger partial charge is 0.352 e. The highest BCUT2D eigenvalue weighted by Gasteiger charge is 2.30. The number of benzene rings is 1. The molecule has 0 saturated carbocycles. The number of amides is 2. The van der Waals surface area contributed by atoms with Crippen molar-refractivity contribution < 1.29 is 9.59 Å². The molecule has 6 heteroatoms. The Labute approximate surface area is 154 Å². The lowest BCUT2D eigenvalue weighted by atomic mass is 10.2. The van der Waals surface area contributed by atoms with Gasteiger partial charge in [0.25, 0.3) is 5.91 Å². The lowest BCUT2D eigenvalue weighted by Gasteiger charge is -2.25. The van der Waals surface area contributed by atoms with Gasteiger partial charge in [-0.05, 0) is 56.5 Å². The minimum atomic E-state index is -0.125. The van der Waals surface area contributed by atoms with Gasteiger partial charge in [-0.2, -0.15) is 0 Å². The molecule has 1 atom stereocenters. The van der Waals surface area contributed by atoms with Crippen molar-refractivity contribution in [3.05, 3.63) is 34.9 Å². The Morgan fingerprint density at radius 1 is 1.12 bits per heavy atom. The van der Waals surface area contributed by atoms with Crippen molar-refractivity contribution in [3.63, 3.8) is 0 Å². The number of halogens is 1. The van der Waals surface area contributed by atoms with E-state index >= 15 is 0 Å². The SMILES string of the molecule is O=C(NCCCC(=O)N1CCCN2CCC[C@@H]2C1)c1ccc(Cl)cc1. The van der Waals surface area contributed by atoms with E-state index in [-0.39, 0.29) is 11.8 Å². The summed E-state index contributed by atoms with van der Waals surface area (Å²) in [5.41, 5.74) is 0.588. The summed E-state index contributed by atoms with van der Waals surface area (Å²) in [6, 6.07) is 7.36. The van der Waals surface area contributed by atoms with Crippen LogP contribution in [0.25, 0.3) is 0 Å². The Morgan fingerprint density at radius 3 is 2.68 bits per heavy atom. The Hall–Kier alpha value is -1.59. The van der Waals surface area contributed by atoms with Gasteiger partial charge >= 0.3 is 0 Å². The van der Waals surface area contributed by atoms with Gasteiger partial charge in [-0.25, -0.2) is 0 Å². The maximum atomic E-state index is 12.5. The molecule has 136 valence electrons. The van der Waals surface area contributed by atoms with Gasteiger partial charge in [0.1, 0.15) is 0 Å². The van der Waals surface area contributed by atoms with E-state index in [9.17, 15) is 9.59 Å². The van der Waals surface area contributed by atoms with Crippen LogP contribution in [-0.2, 0) is 4.79 Å². The maximum Gasteiger partial charge on any atom is 0.251 e. The number of fused-ring (bicyclic) bond motifs is 1. The van der Waals surface area contributed by atoms with Crippen molar-refractivity contribution in [3.8, 4) is 0 Å². The third-order valence-corrected chi connectivity index (χ3v) is 5.37. The number of nitrogens with one attached hydrogen (secondary N) is 1. The molecule has 1 N–H and O–H groups in total. The second-order valence-corrected chi connectivity index (χ2v) is 7.33. The smallest absolute Gasteiger partial charge is 0.251 e. The fourth-order valence-corrected chi connectivity index (χ4v) is 3.86. The molecule has 0 unspecified atom stereocenters. The molecule has 2 heterocycles. The predicted molar refractivity (Wildman–Crippen MR) is 98.8 cm³/mol. The number of carbonyl (C=O) groups excluding carboxylic acids is 2. The van der Waals surface area contributed by atoms with Crippen LogP contribution in [0, 0.1) is 0 Å². The molecule has 3 rings (SSSR count). The first kappa shape index (κ1) is 18.2. The predicted octanol–water partition coefficient (Wildman–Crippen LogP) is 2.55. The zero-order chi connectivity index (χ0) is 17.6. The van der Waals surface area contributed by atoms with Crippen LogP contribution in [0.15, 0.2) is 24.3 Å². The number of hydrogen-bond donors (Lipinski definition) is 1. The van der Waals surface area contributed by atoms with Gasteiger partial charge in [0.15, 0.2) is 0 Å². The Balaban J connectivity index is 1.38.